The van der Waals surface area contributed by atoms with E-state index in [1.54, 1.807) is 0 Å². The van der Waals surface area contributed by atoms with E-state index in [0.29, 0.717) is 11.8 Å². The van der Waals surface area contributed by atoms with E-state index in [4.69, 9.17) is 0 Å². The van der Waals surface area contributed by atoms with Gasteiger partial charge in [-0.25, -0.2) is 4.39 Å². The summed E-state index contributed by atoms with van der Waals surface area (Å²) in [5.41, 5.74) is 1.19. The summed E-state index contributed by atoms with van der Waals surface area (Å²) in [4.78, 5) is 19.5. The van der Waals surface area contributed by atoms with Gasteiger partial charge in [-0.1, -0.05) is 18.6 Å². The molecule has 2 aliphatic rings. The van der Waals surface area contributed by atoms with Gasteiger partial charge in [0.05, 0.1) is 6.04 Å². The Hall–Kier alpha value is -1.46. The van der Waals surface area contributed by atoms with Crippen molar-refractivity contribution in [1.82, 2.24) is 14.7 Å². The Morgan fingerprint density at radius 1 is 1.11 bits per heavy atom. The number of halogens is 1. The fraction of sp³-hybridized carbons (Fsp3) is 0.682. The number of likely N-dealkylation sites (N-methyl/N-ethyl adjacent to an activating group) is 2. The molecular weight excluding hydrogens is 341 g/mol. The van der Waals surface area contributed by atoms with Crippen LogP contribution in [0.15, 0.2) is 24.3 Å². The molecule has 0 aliphatic carbocycles. The van der Waals surface area contributed by atoms with Gasteiger partial charge in [0.15, 0.2) is 0 Å². The molecule has 2 heterocycles. The summed E-state index contributed by atoms with van der Waals surface area (Å²) in [6.07, 6.45) is 6.66. The molecule has 27 heavy (non-hydrogen) atoms. The molecule has 1 amide bonds. The zero-order valence-electron chi connectivity index (χ0n) is 16.9. The second-order valence-corrected chi connectivity index (χ2v) is 8.37. The maximum atomic E-state index is 13.0. The van der Waals surface area contributed by atoms with E-state index in [9.17, 15) is 9.18 Å². The first-order valence-corrected chi connectivity index (χ1v) is 10.4. The first-order chi connectivity index (χ1) is 13.0. The summed E-state index contributed by atoms with van der Waals surface area (Å²) in [6.45, 7) is 5.14. The molecule has 0 radical (unpaired) electrons. The van der Waals surface area contributed by atoms with Crippen LogP contribution in [0.1, 0.15) is 37.7 Å². The normalized spacial score (nSPS) is 22.7. The average molecular weight is 376 g/mol. The summed E-state index contributed by atoms with van der Waals surface area (Å²) in [7, 11) is 4.06. The fourth-order valence-corrected chi connectivity index (χ4v) is 4.45. The summed E-state index contributed by atoms with van der Waals surface area (Å²) in [5.74, 6) is 0.739. The summed E-state index contributed by atoms with van der Waals surface area (Å²) in [5, 5.41) is 0. The smallest absolute Gasteiger partial charge is 0.239 e. The molecule has 1 atom stereocenters. The number of carbonyl (C=O) groups excluding carboxylic acids is 1. The number of benzene rings is 1. The number of amides is 1. The molecule has 2 aliphatic heterocycles. The Labute approximate surface area is 163 Å². The van der Waals surface area contributed by atoms with Gasteiger partial charge in [-0.2, -0.15) is 0 Å². The van der Waals surface area contributed by atoms with Gasteiger partial charge in [0.25, 0.3) is 0 Å². The predicted molar refractivity (Wildman–Crippen MR) is 107 cm³/mol. The number of likely N-dealkylation sites (tertiary alicyclic amines) is 2. The van der Waals surface area contributed by atoms with Crippen molar-refractivity contribution in [2.45, 2.75) is 44.6 Å². The minimum absolute atomic E-state index is 0.0829. The van der Waals surface area contributed by atoms with Crippen molar-refractivity contribution in [2.24, 2.45) is 5.92 Å². The standard InChI is InChI=1S/C22H34FN3O/c1-24-13-4-3-5-21(24)22(27)25(2)17-19-11-15-26(16-12-19)14-10-18-6-8-20(23)9-7-18/h6-9,19,21H,3-5,10-17H2,1-2H3. The van der Waals surface area contributed by atoms with Crippen molar-refractivity contribution >= 4 is 5.91 Å². The van der Waals surface area contributed by atoms with Crippen LogP contribution in [0.25, 0.3) is 0 Å². The summed E-state index contributed by atoms with van der Waals surface area (Å²) >= 11 is 0. The van der Waals surface area contributed by atoms with Crippen LogP contribution < -0.4 is 0 Å². The first kappa shape index (κ1) is 20.3. The van der Waals surface area contributed by atoms with Gasteiger partial charge in [0.1, 0.15) is 5.82 Å². The molecular formula is C22H34FN3O. The number of rotatable bonds is 6. The molecule has 0 saturated carbocycles. The van der Waals surface area contributed by atoms with Crippen molar-refractivity contribution < 1.29 is 9.18 Å². The zero-order valence-corrected chi connectivity index (χ0v) is 16.9. The molecule has 1 unspecified atom stereocenters. The Balaban J connectivity index is 1.38. The fourth-order valence-electron chi connectivity index (χ4n) is 4.45. The molecule has 2 saturated heterocycles. The van der Waals surface area contributed by atoms with Gasteiger partial charge < -0.3 is 9.80 Å². The minimum Gasteiger partial charge on any atom is -0.344 e. The van der Waals surface area contributed by atoms with E-state index in [-0.39, 0.29) is 11.9 Å². The molecule has 3 rings (SSSR count). The Morgan fingerprint density at radius 3 is 2.48 bits per heavy atom. The van der Waals surface area contributed by atoms with Crippen LogP contribution in [0, 0.1) is 11.7 Å². The Bertz CT molecular complexity index is 598. The topological polar surface area (TPSA) is 26.8 Å². The van der Waals surface area contributed by atoms with E-state index >= 15 is 0 Å². The van der Waals surface area contributed by atoms with E-state index in [2.05, 4.69) is 16.8 Å². The zero-order chi connectivity index (χ0) is 19.2. The number of hydrogen-bond acceptors (Lipinski definition) is 3. The van der Waals surface area contributed by atoms with Crippen LogP contribution in [0.2, 0.25) is 0 Å². The molecule has 4 nitrogen and oxygen atoms in total. The highest BCUT2D eigenvalue weighted by molar-refractivity contribution is 5.81. The lowest BCUT2D eigenvalue weighted by atomic mass is 9.95. The lowest BCUT2D eigenvalue weighted by molar-refractivity contribution is -0.137. The third-order valence-electron chi connectivity index (χ3n) is 6.30. The van der Waals surface area contributed by atoms with E-state index < -0.39 is 0 Å². The van der Waals surface area contributed by atoms with E-state index in [1.807, 2.05) is 24.1 Å². The molecule has 0 spiro atoms. The Kier molecular flexibility index (Phi) is 7.25. The maximum absolute atomic E-state index is 13.0. The Morgan fingerprint density at radius 2 is 1.81 bits per heavy atom. The molecule has 2 fully saturated rings. The van der Waals surface area contributed by atoms with Crippen molar-refractivity contribution in [2.75, 3.05) is 46.8 Å². The lowest BCUT2D eigenvalue weighted by Gasteiger charge is -2.37. The molecule has 0 aromatic heterocycles. The third kappa shape index (κ3) is 5.76. The van der Waals surface area contributed by atoms with Crippen LogP contribution in [-0.2, 0) is 11.2 Å². The lowest BCUT2D eigenvalue weighted by Crippen LogP contribution is -2.49. The van der Waals surface area contributed by atoms with Gasteiger partial charge in [-0.3, -0.25) is 9.69 Å². The summed E-state index contributed by atoms with van der Waals surface area (Å²) < 4.78 is 13.0. The number of carbonyl (C=O) groups is 1. The number of piperidine rings is 2. The predicted octanol–water partition coefficient (Wildman–Crippen LogP) is 3.02. The van der Waals surface area contributed by atoms with Crippen molar-refractivity contribution in [1.29, 1.82) is 0 Å². The van der Waals surface area contributed by atoms with Crippen molar-refractivity contribution in [3.63, 3.8) is 0 Å². The van der Waals surface area contributed by atoms with E-state index in [0.717, 1.165) is 58.4 Å². The third-order valence-corrected chi connectivity index (χ3v) is 6.30. The van der Waals surface area contributed by atoms with Crippen LogP contribution >= 0.6 is 0 Å². The number of hydrogen-bond donors (Lipinski definition) is 0. The highest BCUT2D eigenvalue weighted by Crippen LogP contribution is 2.21. The quantitative estimate of drug-likeness (QED) is 0.765. The minimum atomic E-state index is -0.169. The first-order valence-electron chi connectivity index (χ1n) is 10.4. The highest BCUT2D eigenvalue weighted by atomic mass is 19.1. The van der Waals surface area contributed by atoms with E-state index in [1.165, 1.54) is 30.5 Å². The van der Waals surface area contributed by atoms with Crippen LogP contribution in [-0.4, -0.2) is 73.5 Å². The maximum Gasteiger partial charge on any atom is 0.239 e. The molecule has 0 N–H and O–H groups in total. The van der Waals surface area contributed by atoms with Crippen LogP contribution in [0.4, 0.5) is 4.39 Å². The molecule has 1 aromatic rings. The van der Waals surface area contributed by atoms with Gasteiger partial charge in [-0.15, -0.1) is 0 Å². The van der Waals surface area contributed by atoms with Gasteiger partial charge in [0, 0.05) is 20.1 Å². The molecule has 5 heteroatoms. The number of nitrogens with zero attached hydrogens (tertiary/aromatic N) is 3. The van der Waals surface area contributed by atoms with Gasteiger partial charge in [-0.05, 0) is 82.4 Å². The second-order valence-electron chi connectivity index (χ2n) is 8.37. The second kappa shape index (κ2) is 9.65. The monoisotopic (exact) mass is 375 g/mol. The van der Waals surface area contributed by atoms with Crippen molar-refractivity contribution in [3.05, 3.63) is 35.6 Å². The van der Waals surface area contributed by atoms with Crippen LogP contribution in [0.5, 0.6) is 0 Å². The summed E-state index contributed by atoms with van der Waals surface area (Å²) in [6, 6.07) is 6.92. The largest absolute Gasteiger partial charge is 0.344 e. The van der Waals surface area contributed by atoms with Gasteiger partial charge in [0.2, 0.25) is 5.91 Å². The molecule has 0 bridgehead atoms. The molecule has 1 aromatic carbocycles. The SMILES string of the molecule is CN(CC1CCN(CCc2ccc(F)cc2)CC1)C(=O)C1CCCCN1C. The average Bonchev–Trinajstić information content (AvgIpc) is 2.68. The van der Waals surface area contributed by atoms with Crippen LogP contribution in [0.3, 0.4) is 0 Å². The van der Waals surface area contributed by atoms with Crippen molar-refractivity contribution in [3.8, 4) is 0 Å². The highest BCUT2D eigenvalue weighted by Gasteiger charge is 2.30. The van der Waals surface area contributed by atoms with Gasteiger partial charge >= 0.3 is 0 Å². The molecule has 150 valence electrons.